The van der Waals surface area contributed by atoms with E-state index in [0.717, 1.165) is 32.2 Å². The van der Waals surface area contributed by atoms with Crippen molar-refractivity contribution in [2.75, 3.05) is 20.6 Å². The fraction of sp³-hybridized carbons (Fsp3) is 1.00. The summed E-state index contributed by atoms with van der Waals surface area (Å²) in [5, 5.41) is 13.1. The van der Waals surface area contributed by atoms with Crippen molar-refractivity contribution in [2.45, 2.75) is 57.7 Å². The topological polar surface area (TPSA) is 35.5 Å². The van der Waals surface area contributed by atoms with Crippen LogP contribution in [0.2, 0.25) is 0 Å². The highest BCUT2D eigenvalue weighted by molar-refractivity contribution is 4.80. The van der Waals surface area contributed by atoms with E-state index in [0.29, 0.717) is 18.0 Å². The summed E-state index contributed by atoms with van der Waals surface area (Å²) in [7, 11) is 4.30. The molecule has 1 aliphatic carbocycles. The second kappa shape index (κ2) is 6.58. The van der Waals surface area contributed by atoms with Crippen molar-refractivity contribution in [1.82, 2.24) is 10.2 Å². The molecule has 2 N–H and O–H groups in total. The maximum absolute atomic E-state index is 9.44. The monoisotopic (exact) mass is 228 g/mol. The predicted octanol–water partition coefficient (Wildman–Crippen LogP) is 1.47. The third kappa shape index (κ3) is 4.40. The second-order valence-corrected chi connectivity index (χ2v) is 5.69. The smallest absolute Gasteiger partial charge is 0.0541 e. The van der Waals surface area contributed by atoms with Crippen molar-refractivity contribution < 1.29 is 5.11 Å². The van der Waals surface area contributed by atoms with Crippen LogP contribution in [0.4, 0.5) is 0 Å². The van der Waals surface area contributed by atoms with E-state index >= 15 is 0 Å². The van der Waals surface area contributed by atoms with Crippen LogP contribution >= 0.6 is 0 Å². The predicted molar refractivity (Wildman–Crippen MR) is 68.6 cm³/mol. The summed E-state index contributed by atoms with van der Waals surface area (Å²) < 4.78 is 0. The standard InChI is InChI=1S/C13H28N2O/c1-10(2)13(15(3)4)9-14-11-5-7-12(16)8-6-11/h10-14,16H,5-9H2,1-4H3. The van der Waals surface area contributed by atoms with Crippen LogP contribution in [0.5, 0.6) is 0 Å². The molecule has 0 spiro atoms. The number of hydrogen-bond donors (Lipinski definition) is 2. The lowest BCUT2D eigenvalue weighted by Gasteiger charge is -2.32. The van der Waals surface area contributed by atoms with Crippen LogP contribution in [0.3, 0.4) is 0 Å². The van der Waals surface area contributed by atoms with E-state index in [2.05, 4.69) is 38.2 Å². The number of aliphatic hydroxyl groups excluding tert-OH is 1. The number of likely N-dealkylation sites (N-methyl/N-ethyl adjacent to an activating group) is 1. The van der Waals surface area contributed by atoms with E-state index < -0.39 is 0 Å². The molecule has 0 aromatic carbocycles. The zero-order valence-corrected chi connectivity index (χ0v) is 11.2. The van der Waals surface area contributed by atoms with Crippen LogP contribution in [-0.4, -0.2) is 48.8 Å². The van der Waals surface area contributed by atoms with Crippen molar-refractivity contribution in [3.63, 3.8) is 0 Å². The van der Waals surface area contributed by atoms with Gasteiger partial charge in [-0.25, -0.2) is 0 Å². The zero-order valence-electron chi connectivity index (χ0n) is 11.2. The van der Waals surface area contributed by atoms with E-state index in [1.165, 1.54) is 0 Å². The Labute approximate surface area is 100 Å². The van der Waals surface area contributed by atoms with Gasteiger partial charge in [-0.2, -0.15) is 0 Å². The number of hydrogen-bond acceptors (Lipinski definition) is 3. The lowest BCUT2D eigenvalue weighted by molar-refractivity contribution is 0.113. The average Bonchev–Trinajstić information content (AvgIpc) is 2.20. The van der Waals surface area contributed by atoms with Gasteiger partial charge in [0.1, 0.15) is 0 Å². The molecule has 1 atom stereocenters. The van der Waals surface area contributed by atoms with Gasteiger partial charge in [0.05, 0.1) is 6.10 Å². The minimum atomic E-state index is -0.0483. The van der Waals surface area contributed by atoms with Crippen LogP contribution < -0.4 is 5.32 Å². The lowest BCUT2D eigenvalue weighted by Crippen LogP contribution is -2.45. The maximum Gasteiger partial charge on any atom is 0.0541 e. The molecular formula is C13H28N2O. The highest BCUT2D eigenvalue weighted by Gasteiger charge is 2.21. The molecule has 96 valence electrons. The molecule has 1 saturated carbocycles. The van der Waals surface area contributed by atoms with Crippen LogP contribution in [0.25, 0.3) is 0 Å². The molecule has 1 fully saturated rings. The Morgan fingerprint density at radius 1 is 1.19 bits per heavy atom. The van der Waals surface area contributed by atoms with Crippen LogP contribution in [0, 0.1) is 5.92 Å². The summed E-state index contributed by atoms with van der Waals surface area (Å²) in [6.45, 7) is 5.61. The van der Waals surface area contributed by atoms with Crippen molar-refractivity contribution in [1.29, 1.82) is 0 Å². The fourth-order valence-electron chi connectivity index (χ4n) is 2.58. The Bertz CT molecular complexity index is 178. The summed E-state index contributed by atoms with van der Waals surface area (Å²) in [5.41, 5.74) is 0. The summed E-state index contributed by atoms with van der Waals surface area (Å²) in [6, 6.07) is 1.22. The minimum Gasteiger partial charge on any atom is -0.393 e. The van der Waals surface area contributed by atoms with Gasteiger partial charge in [0.2, 0.25) is 0 Å². The van der Waals surface area contributed by atoms with Crippen molar-refractivity contribution in [3.05, 3.63) is 0 Å². The Hall–Kier alpha value is -0.120. The Morgan fingerprint density at radius 2 is 1.75 bits per heavy atom. The highest BCUT2D eigenvalue weighted by atomic mass is 16.3. The summed E-state index contributed by atoms with van der Waals surface area (Å²) >= 11 is 0. The molecular weight excluding hydrogens is 200 g/mol. The molecule has 0 saturated heterocycles. The van der Waals surface area contributed by atoms with Gasteiger partial charge in [0.25, 0.3) is 0 Å². The van der Waals surface area contributed by atoms with Gasteiger partial charge in [-0.05, 0) is 45.7 Å². The van der Waals surface area contributed by atoms with E-state index in [1.807, 2.05) is 0 Å². The lowest BCUT2D eigenvalue weighted by atomic mass is 9.92. The van der Waals surface area contributed by atoms with Crippen LogP contribution in [0.15, 0.2) is 0 Å². The zero-order chi connectivity index (χ0) is 12.1. The van der Waals surface area contributed by atoms with Crippen molar-refractivity contribution in [2.24, 2.45) is 5.92 Å². The Kier molecular flexibility index (Phi) is 5.73. The number of nitrogens with one attached hydrogen (secondary N) is 1. The first-order chi connectivity index (χ1) is 7.50. The molecule has 0 aromatic rings. The first-order valence-corrected chi connectivity index (χ1v) is 6.58. The van der Waals surface area contributed by atoms with Gasteiger partial charge in [0.15, 0.2) is 0 Å². The van der Waals surface area contributed by atoms with E-state index in [4.69, 9.17) is 0 Å². The van der Waals surface area contributed by atoms with Crippen molar-refractivity contribution in [3.8, 4) is 0 Å². The average molecular weight is 228 g/mol. The molecule has 0 aliphatic heterocycles. The van der Waals surface area contributed by atoms with E-state index in [9.17, 15) is 5.11 Å². The molecule has 1 aliphatic rings. The molecule has 3 heteroatoms. The van der Waals surface area contributed by atoms with Gasteiger partial charge < -0.3 is 15.3 Å². The largest absolute Gasteiger partial charge is 0.393 e. The maximum atomic E-state index is 9.44. The van der Waals surface area contributed by atoms with Gasteiger partial charge >= 0.3 is 0 Å². The first kappa shape index (κ1) is 13.9. The van der Waals surface area contributed by atoms with E-state index in [-0.39, 0.29) is 6.10 Å². The number of nitrogens with zero attached hydrogens (tertiary/aromatic N) is 1. The second-order valence-electron chi connectivity index (χ2n) is 5.69. The van der Waals surface area contributed by atoms with E-state index in [1.54, 1.807) is 0 Å². The summed E-state index contributed by atoms with van der Waals surface area (Å²) in [6.07, 6.45) is 4.13. The van der Waals surface area contributed by atoms with Crippen LogP contribution in [0.1, 0.15) is 39.5 Å². The normalized spacial score (nSPS) is 28.7. The van der Waals surface area contributed by atoms with Gasteiger partial charge in [-0.3, -0.25) is 0 Å². The van der Waals surface area contributed by atoms with Gasteiger partial charge in [0, 0.05) is 18.6 Å². The first-order valence-electron chi connectivity index (χ1n) is 6.58. The summed E-state index contributed by atoms with van der Waals surface area (Å²) in [4.78, 5) is 2.30. The number of aliphatic hydroxyl groups is 1. The number of rotatable bonds is 5. The molecule has 0 aromatic heterocycles. The molecule has 1 rings (SSSR count). The summed E-state index contributed by atoms with van der Waals surface area (Å²) in [5.74, 6) is 0.677. The minimum absolute atomic E-state index is 0.0483. The molecule has 0 bridgehead atoms. The molecule has 0 radical (unpaired) electrons. The third-order valence-electron chi connectivity index (χ3n) is 3.75. The molecule has 3 nitrogen and oxygen atoms in total. The fourth-order valence-corrected chi connectivity index (χ4v) is 2.58. The molecule has 1 unspecified atom stereocenters. The third-order valence-corrected chi connectivity index (χ3v) is 3.75. The SMILES string of the molecule is CC(C)C(CNC1CCC(O)CC1)N(C)C. The Balaban J connectivity index is 2.27. The highest BCUT2D eigenvalue weighted by Crippen LogP contribution is 2.18. The molecule has 0 amide bonds. The quantitative estimate of drug-likeness (QED) is 0.748. The van der Waals surface area contributed by atoms with Gasteiger partial charge in [-0.1, -0.05) is 13.8 Å². The Morgan fingerprint density at radius 3 is 2.19 bits per heavy atom. The molecule has 16 heavy (non-hydrogen) atoms. The van der Waals surface area contributed by atoms with Gasteiger partial charge in [-0.15, -0.1) is 0 Å². The van der Waals surface area contributed by atoms with Crippen LogP contribution in [-0.2, 0) is 0 Å². The van der Waals surface area contributed by atoms with Crippen molar-refractivity contribution >= 4 is 0 Å². The molecule has 0 heterocycles.